The van der Waals surface area contributed by atoms with Crippen molar-refractivity contribution in [2.75, 3.05) is 4.90 Å². The van der Waals surface area contributed by atoms with Crippen LogP contribution in [0, 0.1) is 6.92 Å². The van der Waals surface area contributed by atoms with Crippen LogP contribution < -0.4 is 4.90 Å². The number of halogens is 2. The third-order valence-electron chi connectivity index (χ3n) is 3.03. The minimum absolute atomic E-state index is 0.160. The molecular weight excluding hydrogens is 486 g/mol. The van der Waals surface area contributed by atoms with E-state index in [4.69, 9.17) is 9.47 Å². The minimum Gasteiger partial charge on any atom is -0.478 e. The van der Waals surface area contributed by atoms with E-state index in [0.29, 0.717) is 14.9 Å². The third-order valence-corrected chi connectivity index (χ3v) is 4.82. The highest BCUT2D eigenvalue weighted by Crippen LogP contribution is 2.39. The van der Waals surface area contributed by atoms with Crippen LogP contribution in [0.5, 0.6) is 0 Å². The van der Waals surface area contributed by atoms with Crippen LogP contribution in [0.15, 0.2) is 15.0 Å². The maximum absolute atomic E-state index is 12.8. The van der Waals surface area contributed by atoms with Gasteiger partial charge < -0.3 is 14.6 Å². The molecule has 2 amide bonds. The van der Waals surface area contributed by atoms with Gasteiger partial charge >= 0.3 is 18.2 Å². The first-order valence-electron chi connectivity index (χ1n) is 8.03. The largest absolute Gasteiger partial charge is 0.478 e. The SMILES string of the molecule is Cc1c(Br)cc(C(=O)O)c(N(C(=O)OC(C)(C)C)C(=O)OC(C)(C)C)c1Br. The molecule has 0 fully saturated rings. The first-order valence-corrected chi connectivity index (χ1v) is 9.61. The van der Waals surface area contributed by atoms with Crippen molar-refractivity contribution in [3.05, 3.63) is 26.1 Å². The first-order chi connectivity index (χ1) is 12.0. The van der Waals surface area contributed by atoms with Gasteiger partial charge in [0.2, 0.25) is 0 Å². The Hall–Kier alpha value is -1.61. The molecule has 1 N–H and O–H groups in total. The Labute approximate surface area is 175 Å². The van der Waals surface area contributed by atoms with E-state index in [1.807, 2.05) is 0 Å². The predicted octanol–water partition coefficient (Wildman–Crippen LogP) is 5.89. The summed E-state index contributed by atoms with van der Waals surface area (Å²) >= 11 is 6.57. The Morgan fingerprint density at radius 1 is 0.963 bits per heavy atom. The normalized spacial score (nSPS) is 11.7. The molecule has 0 aromatic heterocycles. The van der Waals surface area contributed by atoms with Crippen LogP contribution in [-0.4, -0.2) is 34.5 Å². The lowest BCUT2D eigenvalue weighted by Crippen LogP contribution is -2.44. The van der Waals surface area contributed by atoms with Crippen molar-refractivity contribution < 1.29 is 29.0 Å². The number of rotatable bonds is 2. The molecule has 0 aliphatic heterocycles. The fraction of sp³-hybridized carbons (Fsp3) is 0.500. The van der Waals surface area contributed by atoms with E-state index in [1.165, 1.54) is 6.07 Å². The number of carboxylic acid groups (broad SMARTS) is 1. The highest BCUT2D eigenvalue weighted by molar-refractivity contribution is 9.11. The molecule has 27 heavy (non-hydrogen) atoms. The van der Waals surface area contributed by atoms with E-state index in [0.717, 1.165) is 0 Å². The van der Waals surface area contributed by atoms with Gasteiger partial charge in [-0.3, -0.25) is 0 Å². The average molecular weight is 509 g/mol. The van der Waals surface area contributed by atoms with Gasteiger partial charge in [0, 0.05) is 8.95 Å². The van der Waals surface area contributed by atoms with Gasteiger partial charge in [0.1, 0.15) is 11.2 Å². The number of carboxylic acids is 1. The van der Waals surface area contributed by atoms with Gasteiger partial charge in [0.05, 0.1) is 11.3 Å². The fourth-order valence-electron chi connectivity index (χ4n) is 1.96. The molecule has 0 saturated carbocycles. The number of anilines is 1. The first kappa shape index (κ1) is 23.4. The second kappa shape index (κ2) is 8.18. The quantitative estimate of drug-likeness (QED) is 0.534. The molecule has 0 radical (unpaired) electrons. The second-order valence-electron chi connectivity index (χ2n) is 7.79. The zero-order valence-electron chi connectivity index (χ0n) is 16.3. The predicted molar refractivity (Wildman–Crippen MR) is 108 cm³/mol. The summed E-state index contributed by atoms with van der Waals surface area (Å²) in [5.74, 6) is -1.32. The zero-order chi connectivity index (χ0) is 21.3. The molecule has 0 saturated heterocycles. The monoisotopic (exact) mass is 507 g/mol. The van der Waals surface area contributed by atoms with Crippen LogP contribution in [0.25, 0.3) is 0 Å². The van der Waals surface area contributed by atoms with E-state index < -0.39 is 29.4 Å². The second-order valence-corrected chi connectivity index (χ2v) is 9.44. The number of aromatic carboxylic acids is 1. The van der Waals surface area contributed by atoms with Crippen molar-refractivity contribution in [3.63, 3.8) is 0 Å². The van der Waals surface area contributed by atoms with Crippen molar-refractivity contribution in [2.24, 2.45) is 0 Å². The maximum Gasteiger partial charge on any atom is 0.424 e. The number of benzene rings is 1. The molecule has 9 heteroatoms. The molecule has 0 spiro atoms. The molecular formula is C18H23Br2NO6. The minimum atomic E-state index is -1.32. The molecule has 150 valence electrons. The molecule has 7 nitrogen and oxygen atoms in total. The molecule has 1 rings (SSSR count). The van der Waals surface area contributed by atoms with Crippen molar-refractivity contribution >= 4 is 55.7 Å². The highest BCUT2D eigenvalue weighted by atomic mass is 79.9. The van der Waals surface area contributed by atoms with E-state index in [1.54, 1.807) is 48.5 Å². The summed E-state index contributed by atoms with van der Waals surface area (Å²) in [4.78, 5) is 38.0. The Bertz CT molecular complexity index is 750. The highest BCUT2D eigenvalue weighted by Gasteiger charge is 2.37. The van der Waals surface area contributed by atoms with Crippen LogP contribution in [0.1, 0.15) is 57.5 Å². The van der Waals surface area contributed by atoms with Crippen molar-refractivity contribution in [2.45, 2.75) is 59.7 Å². The Morgan fingerprint density at radius 3 is 1.70 bits per heavy atom. The van der Waals surface area contributed by atoms with Crippen molar-refractivity contribution in [1.82, 2.24) is 0 Å². The summed E-state index contributed by atoms with van der Waals surface area (Å²) in [5, 5.41) is 9.61. The molecule has 0 unspecified atom stereocenters. The van der Waals surface area contributed by atoms with Gasteiger partial charge in [0.15, 0.2) is 0 Å². The fourth-order valence-corrected chi connectivity index (χ4v) is 3.26. The van der Waals surface area contributed by atoms with Gasteiger partial charge in [0.25, 0.3) is 0 Å². The van der Waals surface area contributed by atoms with Crippen LogP contribution in [0.4, 0.5) is 15.3 Å². The van der Waals surface area contributed by atoms with E-state index in [9.17, 15) is 19.5 Å². The summed E-state index contributed by atoms with van der Waals surface area (Å²) in [6.45, 7) is 11.5. The number of nitrogens with zero attached hydrogens (tertiary/aromatic N) is 1. The van der Waals surface area contributed by atoms with Crippen LogP contribution >= 0.6 is 31.9 Å². The number of amides is 2. The molecule has 0 bridgehead atoms. The van der Waals surface area contributed by atoms with Gasteiger partial charge in [-0.2, -0.15) is 4.90 Å². The van der Waals surface area contributed by atoms with Crippen LogP contribution in [0.2, 0.25) is 0 Å². The van der Waals surface area contributed by atoms with E-state index in [2.05, 4.69) is 31.9 Å². The molecule has 0 atom stereocenters. The van der Waals surface area contributed by atoms with E-state index in [-0.39, 0.29) is 15.7 Å². The van der Waals surface area contributed by atoms with Crippen molar-refractivity contribution in [1.29, 1.82) is 0 Å². The van der Waals surface area contributed by atoms with Crippen LogP contribution in [-0.2, 0) is 9.47 Å². The summed E-state index contributed by atoms with van der Waals surface area (Å²) in [6.07, 6.45) is -2.08. The lowest BCUT2D eigenvalue weighted by atomic mass is 10.1. The summed E-state index contributed by atoms with van der Waals surface area (Å²) in [7, 11) is 0. The number of carbonyl (C=O) groups excluding carboxylic acids is 2. The zero-order valence-corrected chi connectivity index (χ0v) is 19.4. The van der Waals surface area contributed by atoms with Crippen molar-refractivity contribution in [3.8, 4) is 0 Å². The Morgan fingerprint density at radius 2 is 1.37 bits per heavy atom. The summed E-state index contributed by atoms with van der Waals surface area (Å²) < 4.78 is 11.4. The number of carbonyl (C=O) groups is 3. The lowest BCUT2D eigenvalue weighted by Gasteiger charge is -2.30. The lowest BCUT2D eigenvalue weighted by molar-refractivity contribution is 0.0430. The molecule has 1 aromatic rings. The third kappa shape index (κ3) is 6.21. The molecule has 1 aromatic carbocycles. The molecule has 0 aliphatic rings. The van der Waals surface area contributed by atoms with Gasteiger partial charge in [-0.1, -0.05) is 15.9 Å². The smallest absolute Gasteiger partial charge is 0.424 e. The van der Waals surface area contributed by atoms with Gasteiger partial charge in [-0.25, -0.2) is 14.4 Å². The maximum atomic E-state index is 12.8. The Balaban J connectivity index is 3.70. The van der Waals surface area contributed by atoms with Gasteiger partial charge in [-0.05, 0) is 76.0 Å². The molecule has 0 aliphatic carbocycles. The number of ether oxygens (including phenoxy) is 2. The number of hydrogen-bond acceptors (Lipinski definition) is 5. The summed E-state index contributed by atoms with van der Waals surface area (Å²) in [5.41, 5.74) is -1.63. The number of hydrogen-bond donors (Lipinski definition) is 1. The van der Waals surface area contributed by atoms with Gasteiger partial charge in [-0.15, -0.1) is 0 Å². The van der Waals surface area contributed by atoms with E-state index >= 15 is 0 Å². The molecule has 0 heterocycles. The van der Waals surface area contributed by atoms with Crippen LogP contribution in [0.3, 0.4) is 0 Å². The number of imide groups is 1. The topological polar surface area (TPSA) is 93.1 Å². The Kier molecular flexibility index (Phi) is 7.10. The standard InChI is InChI=1S/C18H23Br2NO6/c1-9-11(19)8-10(14(22)23)13(12(9)20)21(15(24)26-17(2,3)4)16(25)27-18(5,6)7/h8H,1-7H3,(H,22,23). The summed E-state index contributed by atoms with van der Waals surface area (Å²) in [6, 6.07) is 1.32. The average Bonchev–Trinajstić information content (AvgIpc) is 2.43.